The average Bonchev–Trinajstić information content (AvgIpc) is 3.65. The Morgan fingerprint density at radius 3 is 2.73 bits per heavy atom. The van der Waals surface area contributed by atoms with E-state index in [2.05, 4.69) is 25.5 Å². The van der Waals surface area contributed by atoms with Gasteiger partial charge < -0.3 is 19.5 Å². The molecule has 3 aromatic rings. The molecule has 1 saturated heterocycles. The molecule has 4 heterocycles. The van der Waals surface area contributed by atoms with E-state index in [4.69, 9.17) is 14.2 Å². The Hall–Kier alpha value is -3.85. The van der Waals surface area contributed by atoms with Crippen LogP contribution in [0.5, 0.6) is 11.8 Å². The first-order valence-electron chi connectivity index (χ1n) is 13.3. The van der Waals surface area contributed by atoms with Crippen molar-refractivity contribution in [2.75, 3.05) is 11.9 Å². The van der Waals surface area contributed by atoms with Gasteiger partial charge in [0.15, 0.2) is 23.0 Å². The SMILES string of the molecule is CC1(C)OC[C@@H](Cn2ccc(NC(=O)C(CC3CCCC3)n3ncc(Oc4nccc(C(F)(F)F)n4)cc3=O)n2)O1. The third kappa shape index (κ3) is 7.27. The van der Waals surface area contributed by atoms with E-state index in [1.165, 1.54) is 0 Å². The van der Waals surface area contributed by atoms with Crippen LogP contribution in [0, 0.1) is 5.92 Å². The smallest absolute Gasteiger partial charge is 0.422 e. The van der Waals surface area contributed by atoms with Crippen molar-refractivity contribution in [1.82, 2.24) is 29.5 Å². The third-order valence-corrected chi connectivity index (χ3v) is 6.91. The summed E-state index contributed by atoms with van der Waals surface area (Å²) >= 11 is 0. The minimum Gasteiger partial charge on any atom is -0.422 e. The van der Waals surface area contributed by atoms with Crippen LogP contribution < -0.4 is 15.6 Å². The molecule has 15 heteroatoms. The number of carbonyl (C=O) groups excluding carboxylic acids is 1. The molecule has 41 heavy (non-hydrogen) atoms. The molecule has 1 N–H and O–H groups in total. The van der Waals surface area contributed by atoms with Crippen molar-refractivity contribution in [3.63, 3.8) is 0 Å². The van der Waals surface area contributed by atoms with Crippen LogP contribution in [0.15, 0.2) is 41.6 Å². The number of hydrogen-bond acceptors (Lipinski definition) is 9. The molecule has 1 aliphatic carbocycles. The van der Waals surface area contributed by atoms with Crippen molar-refractivity contribution in [2.45, 2.75) is 76.6 Å². The van der Waals surface area contributed by atoms with E-state index in [0.717, 1.165) is 48.8 Å². The second-order valence-electron chi connectivity index (χ2n) is 10.6. The van der Waals surface area contributed by atoms with Gasteiger partial charge >= 0.3 is 12.2 Å². The predicted molar refractivity (Wildman–Crippen MR) is 137 cm³/mol. The van der Waals surface area contributed by atoms with Gasteiger partial charge in [0, 0.05) is 24.5 Å². The second-order valence-corrected chi connectivity index (χ2v) is 10.6. The zero-order valence-corrected chi connectivity index (χ0v) is 22.5. The molecule has 1 saturated carbocycles. The first kappa shape index (κ1) is 28.7. The summed E-state index contributed by atoms with van der Waals surface area (Å²) in [6.07, 6.45) is 3.21. The van der Waals surface area contributed by atoms with Gasteiger partial charge in [0.2, 0.25) is 0 Å². The summed E-state index contributed by atoms with van der Waals surface area (Å²) < 4.78 is 58.2. The topological polar surface area (TPSA) is 135 Å². The van der Waals surface area contributed by atoms with Gasteiger partial charge in [-0.2, -0.15) is 28.4 Å². The summed E-state index contributed by atoms with van der Waals surface area (Å²) in [6, 6.07) is 1.85. The molecule has 0 aromatic carbocycles. The first-order valence-corrected chi connectivity index (χ1v) is 13.3. The Kier molecular flexibility index (Phi) is 8.09. The first-order chi connectivity index (χ1) is 19.4. The number of nitrogens with zero attached hydrogens (tertiary/aromatic N) is 6. The Morgan fingerprint density at radius 2 is 2.05 bits per heavy atom. The van der Waals surface area contributed by atoms with Crippen molar-refractivity contribution in [3.05, 3.63) is 52.8 Å². The lowest BCUT2D eigenvalue weighted by Gasteiger charge is -2.21. The molecular formula is C26H30F3N7O5. The standard InChI is InChI=1S/C26H30F3N7O5/c1-25(2)39-15-18(41-25)14-35-10-8-21(34-35)33-23(38)19(11-16-5-3-4-6-16)36-22(37)12-17(13-31-36)40-24-30-9-7-20(32-24)26(27,28)29/h7-10,12-13,16,18-19H,3-6,11,14-15H2,1-2H3,(H,33,34,38)/t18-,19?/m1/s1. The molecule has 2 aliphatic rings. The highest BCUT2D eigenvalue weighted by Gasteiger charge is 2.34. The van der Waals surface area contributed by atoms with Crippen molar-refractivity contribution in [3.8, 4) is 11.8 Å². The minimum atomic E-state index is -4.69. The van der Waals surface area contributed by atoms with Crippen LogP contribution in [0.25, 0.3) is 0 Å². The number of hydrogen-bond donors (Lipinski definition) is 1. The van der Waals surface area contributed by atoms with E-state index >= 15 is 0 Å². The van der Waals surface area contributed by atoms with Gasteiger partial charge in [-0.1, -0.05) is 25.7 Å². The quantitative estimate of drug-likeness (QED) is 0.401. The summed E-state index contributed by atoms with van der Waals surface area (Å²) in [7, 11) is 0. The molecular weight excluding hydrogens is 547 g/mol. The Morgan fingerprint density at radius 1 is 1.27 bits per heavy atom. The molecule has 2 atom stereocenters. The number of halogens is 3. The molecule has 5 rings (SSSR count). The third-order valence-electron chi connectivity index (χ3n) is 6.91. The van der Waals surface area contributed by atoms with E-state index in [1.807, 2.05) is 13.8 Å². The largest absolute Gasteiger partial charge is 0.433 e. The van der Waals surface area contributed by atoms with Crippen LogP contribution >= 0.6 is 0 Å². The lowest BCUT2D eigenvalue weighted by Crippen LogP contribution is -2.36. The van der Waals surface area contributed by atoms with E-state index in [0.29, 0.717) is 31.5 Å². The van der Waals surface area contributed by atoms with Gasteiger partial charge in [0.1, 0.15) is 12.1 Å². The van der Waals surface area contributed by atoms with Gasteiger partial charge in [-0.15, -0.1) is 0 Å². The molecule has 0 bridgehead atoms. The highest BCUT2D eigenvalue weighted by molar-refractivity contribution is 5.92. The number of rotatable bonds is 9. The molecule has 3 aromatic heterocycles. The molecule has 0 spiro atoms. The summed E-state index contributed by atoms with van der Waals surface area (Å²) in [5.41, 5.74) is -1.85. The molecule has 12 nitrogen and oxygen atoms in total. The average molecular weight is 578 g/mol. The van der Waals surface area contributed by atoms with Crippen molar-refractivity contribution < 1.29 is 32.2 Å². The van der Waals surface area contributed by atoms with Crippen LogP contribution in [0.2, 0.25) is 0 Å². The summed E-state index contributed by atoms with van der Waals surface area (Å²) in [5, 5.41) is 11.3. The van der Waals surface area contributed by atoms with E-state index in [9.17, 15) is 22.8 Å². The molecule has 2 fully saturated rings. The molecule has 0 radical (unpaired) electrons. The highest BCUT2D eigenvalue weighted by Crippen LogP contribution is 2.32. The number of nitrogens with one attached hydrogen (secondary N) is 1. The number of anilines is 1. The van der Waals surface area contributed by atoms with Crippen molar-refractivity contribution >= 4 is 11.7 Å². The Bertz CT molecular complexity index is 1440. The van der Waals surface area contributed by atoms with Crippen molar-refractivity contribution in [1.29, 1.82) is 0 Å². The number of carbonyl (C=O) groups is 1. The molecule has 1 unspecified atom stereocenters. The monoisotopic (exact) mass is 577 g/mol. The molecule has 220 valence electrons. The van der Waals surface area contributed by atoms with Crippen LogP contribution in [-0.2, 0) is 27.0 Å². The fraction of sp³-hybridized carbons (Fsp3) is 0.538. The van der Waals surface area contributed by atoms with Crippen LogP contribution in [-0.4, -0.2) is 53.9 Å². The number of ether oxygens (including phenoxy) is 3. The van der Waals surface area contributed by atoms with Gasteiger partial charge in [0.05, 0.1) is 19.3 Å². The fourth-order valence-corrected chi connectivity index (χ4v) is 5.03. The number of amides is 1. The minimum absolute atomic E-state index is 0.161. The molecule has 1 amide bonds. The lowest BCUT2D eigenvalue weighted by atomic mass is 9.98. The summed E-state index contributed by atoms with van der Waals surface area (Å²) in [5.74, 6) is -0.754. The summed E-state index contributed by atoms with van der Waals surface area (Å²) in [6.45, 7) is 4.52. The van der Waals surface area contributed by atoms with Gasteiger partial charge in [0.25, 0.3) is 11.5 Å². The highest BCUT2D eigenvalue weighted by atomic mass is 19.4. The predicted octanol–water partition coefficient (Wildman–Crippen LogP) is 3.95. The maximum Gasteiger partial charge on any atom is 0.433 e. The van der Waals surface area contributed by atoms with Gasteiger partial charge in [-0.05, 0) is 32.3 Å². The van der Waals surface area contributed by atoms with Gasteiger partial charge in [-0.25, -0.2) is 9.67 Å². The Balaban J connectivity index is 1.30. The maximum atomic E-state index is 13.4. The molecule has 1 aliphatic heterocycles. The lowest BCUT2D eigenvalue weighted by molar-refractivity contribution is -0.141. The number of alkyl halides is 3. The normalized spacial score (nSPS) is 19.8. The fourth-order valence-electron chi connectivity index (χ4n) is 5.03. The van der Waals surface area contributed by atoms with E-state index in [1.54, 1.807) is 16.9 Å². The maximum absolute atomic E-state index is 13.4. The van der Waals surface area contributed by atoms with E-state index < -0.39 is 41.2 Å². The van der Waals surface area contributed by atoms with Crippen molar-refractivity contribution in [2.24, 2.45) is 5.92 Å². The summed E-state index contributed by atoms with van der Waals surface area (Å²) in [4.78, 5) is 33.5. The van der Waals surface area contributed by atoms with Gasteiger partial charge in [-0.3, -0.25) is 14.3 Å². The van der Waals surface area contributed by atoms with E-state index in [-0.39, 0.29) is 17.8 Å². The second kappa shape index (κ2) is 11.6. The van der Waals surface area contributed by atoms with Crippen LogP contribution in [0.4, 0.5) is 19.0 Å². The van der Waals surface area contributed by atoms with Crippen LogP contribution in [0.1, 0.15) is 57.7 Å². The zero-order chi connectivity index (χ0) is 29.2. The van der Waals surface area contributed by atoms with Crippen LogP contribution in [0.3, 0.4) is 0 Å². The Labute approximate surface area is 232 Å². The number of aromatic nitrogens is 6. The zero-order valence-electron chi connectivity index (χ0n) is 22.5.